The minimum Gasteiger partial charge on any atom is -0.510 e. The average Bonchev–Trinajstić information content (AvgIpc) is 3.35. The molecule has 0 spiro atoms. The lowest BCUT2D eigenvalue weighted by Crippen LogP contribution is -2.53. The van der Waals surface area contributed by atoms with Crippen LogP contribution in [-0.2, 0) is 20.9 Å². The third-order valence-electron chi connectivity index (χ3n) is 6.82. The molecule has 0 aromatic heterocycles. The molecule has 2 N–H and O–H groups in total. The molecule has 2 fully saturated rings. The van der Waals surface area contributed by atoms with Crippen LogP contribution in [0.4, 0.5) is 8.78 Å². The molecule has 2 aromatic carbocycles. The summed E-state index contributed by atoms with van der Waals surface area (Å²) in [7, 11) is 0. The molecule has 3 atom stereocenters. The Balaban J connectivity index is 1.23. The smallest absolute Gasteiger partial charge is 0.275 e. The number of hydrogen-bond donors (Lipinski definition) is 2. The number of nitrogens with zero attached hydrogens (tertiary/aromatic N) is 2. The molecule has 0 saturated carbocycles. The number of carbonyl (C=O) groups excluding carboxylic acids is 3. The van der Waals surface area contributed by atoms with Gasteiger partial charge in [0.05, 0.1) is 11.7 Å². The number of nitrogens with one attached hydrogen (secondary N) is 1. The van der Waals surface area contributed by atoms with Crippen molar-refractivity contribution in [1.29, 1.82) is 0 Å². The fraction of sp³-hybridized carbons (Fsp3) is 0.240. The summed E-state index contributed by atoms with van der Waals surface area (Å²) < 4.78 is 32.9. The minimum absolute atomic E-state index is 0.0928. The summed E-state index contributed by atoms with van der Waals surface area (Å²) in [5, 5.41) is 13.3. The van der Waals surface area contributed by atoms with Crippen LogP contribution in [0, 0.1) is 11.6 Å². The average molecular weight is 479 g/mol. The van der Waals surface area contributed by atoms with Crippen molar-refractivity contribution in [2.45, 2.75) is 31.3 Å². The van der Waals surface area contributed by atoms with E-state index in [1.807, 2.05) is 12.1 Å². The predicted octanol–water partition coefficient (Wildman–Crippen LogP) is 2.44. The SMILES string of the molecule is O=C(NCc1ccc(F)cc1F)C1=CN2C(=O)C3O[C@H]4C(=O)c5ccccc5[C@@H]4N3CC2=C(O)C1. The molecule has 6 rings (SSSR count). The first-order chi connectivity index (χ1) is 16.8. The quantitative estimate of drug-likeness (QED) is 0.702. The standard InChI is InChI=1S/C25H19F2N3O5/c26-14-6-5-12(17(27)8-14)9-28-23(33)13-7-19(31)18-11-30-20-15-3-1-2-4-16(15)21(32)22(20)35-25(30)24(34)29(18)10-13/h1-6,8,10,20,22,25,31H,7,9,11H2,(H,28,33)/t20-,22+,25?/m0/s1. The van der Waals surface area contributed by atoms with Crippen molar-refractivity contribution in [2.75, 3.05) is 6.54 Å². The van der Waals surface area contributed by atoms with Gasteiger partial charge in [-0.2, -0.15) is 0 Å². The lowest BCUT2D eigenvalue weighted by molar-refractivity contribution is -0.149. The Morgan fingerprint density at radius 2 is 1.97 bits per heavy atom. The van der Waals surface area contributed by atoms with Gasteiger partial charge in [0, 0.05) is 48.5 Å². The number of aliphatic hydroxyl groups is 1. The van der Waals surface area contributed by atoms with Gasteiger partial charge in [-0.1, -0.05) is 30.3 Å². The molecular weight excluding hydrogens is 460 g/mol. The molecule has 4 aliphatic rings. The Morgan fingerprint density at radius 3 is 2.77 bits per heavy atom. The van der Waals surface area contributed by atoms with Crippen LogP contribution in [0.15, 0.2) is 65.7 Å². The summed E-state index contributed by atoms with van der Waals surface area (Å²) in [5.41, 5.74) is 1.85. The number of rotatable bonds is 3. The van der Waals surface area contributed by atoms with E-state index in [-0.39, 0.29) is 42.2 Å². The van der Waals surface area contributed by atoms with E-state index in [1.165, 1.54) is 17.2 Å². The van der Waals surface area contributed by atoms with E-state index in [0.29, 0.717) is 11.3 Å². The number of halogens is 2. The molecule has 2 amide bonds. The minimum atomic E-state index is -1.04. The van der Waals surface area contributed by atoms with Crippen LogP contribution in [0.1, 0.15) is 33.9 Å². The Bertz CT molecular complexity index is 1370. The van der Waals surface area contributed by atoms with E-state index in [9.17, 15) is 28.3 Å². The molecule has 3 aliphatic heterocycles. The van der Waals surface area contributed by atoms with Gasteiger partial charge in [-0.3, -0.25) is 24.2 Å². The van der Waals surface area contributed by atoms with Crippen molar-refractivity contribution in [3.8, 4) is 0 Å². The highest BCUT2D eigenvalue weighted by atomic mass is 19.1. The van der Waals surface area contributed by atoms with Crippen molar-refractivity contribution >= 4 is 17.6 Å². The summed E-state index contributed by atoms with van der Waals surface area (Å²) in [4.78, 5) is 41.8. The molecule has 1 aliphatic carbocycles. The highest BCUT2D eigenvalue weighted by molar-refractivity contribution is 6.05. The Morgan fingerprint density at radius 1 is 1.17 bits per heavy atom. The maximum Gasteiger partial charge on any atom is 0.275 e. The summed E-state index contributed by atoms with van der Waals surface area (Å²) >= 11 is 0. The van der Waals surface area contributed by atoms with E-state index in [1.54, 1.807) is 17.0 Å². The van der Waals surface area contributed by atoms with E-state index in [4.69, 9.17) is 4.74 Å². The van der Waals surface area contributed by atoms with Crippen LogP contribution in [0.3, 0.4) is 0 Å². The van der Waals surface area contributed by atoms with Crippen molar-refractivity contribution in [2.24, 2.45) is 0 Å². The number of fused-ring (bicyclic) bond motifs is 6. The summed E-state index contributed by atoms with van der Waals surface area (Å²) in [6.45, 7) is -0.0465. The third kappa shape index (κ3) is 3.28. The largest absolute Gasteiger partial charge is 0.510 e. The Labute approximate surface area is 198 Å². The van der Waals surface area contributed by atoms with Gasteiger partial charge >= 0.3 is 0 Å². The van der Waals surface area contributed by atoms with Crippen LogP contribution in [0.2, 0.25) is 0 Å². The number of hydrogen-bond acceptors (Lipinski definition) is 6. The molecule has 178 valence electrons. The predicted molar refractivity (Wildman–Crippen MR) is 116 cm³/mol. The number of amides is 2. The second-order valence-electron chi connectivity index (χ2n) is 8.83. The van der Waals surface area contributed by atoms with E-state index in [2.05, 4.69) is 5.32 Å². The lowest BCUT2D eigenvalue weighted by atomic mass is 10.0. The molecule has 3 heterocycles. The number of aliphatic hydroxyl groups excluding tert-OH is 1. The molecule has 35 heavy (non-hydrogen) atoms. The van der Waals surface area contributed by atoms with Gasteiger partial charge in [0.1, 0.15) is 23.5 Å². The van der Waals surface area contributed by atoms with E-state index < -0.39 is 41.8 Å². The second kappa shape index (κ2) is 7.82. The van der Waals surface area contributed by atoms with Crippen molar-refractivity contribution < 1.29 is 33.0 Å². The van der Waals surface area contributed by atoms with Gasteiger partial charge in [0.2, 0.25) is 5.91 Å². The zero-order chi connectivity index (χ0) is 24.4. The van der Waals surface area contributed by atoms with Crippen molar-refractivity contribution in [3.63, 3.8) is 0 Å². The van der Waals surface area contributed by atoms with Gasteiger partial charge in [-0.05, 0) is 11.6 Å². The fourth-order valence-corrected chi connectivity index (χ4v) is 5.12. The van der Waals surface area contributed by atoms with Crippen molar-refractivity contribution in [1.82, 2.24) is 15.1 Å². The summed E-state index contributed by atoms with van der Waals surface area (Å²) in [6, 6.07) is 9.76. The first-order valence-electron chi connectivity index (χ1n) is 11.0. The first kappa shape index (κ1) is 21.6. The molecule has 2 aromatic rings. The van der Waals surface area contributed by atoms with Gasteiger partial charge in [-0.15, -0.1) is 0 Å². The molecule has 10 heteroatoms. The number of benzene rings is 2. The monoisotopic (exact) mass is 479 g/mol. The van der Waals surface area contributed by atoms with Gasteiger partial charge in [0.15, 0.2) is 12.0 Å². The highest BCUT2D eigenvalue weighted by Gasteiger charge is 2.57. The first-order valence-corrected chi connectivity index (χ1v) is 11.0. The van der Waals surface area contributed by atoms with Crippen LogP contribution >= 0.6 is 0 Å². The molecule has 0 radical (unpaired) electrons. The molecule has 8 nitrogen and oxygen atoms in total. The second-order valence-corrected chi connectivity index (χ2v) is 8.83. The Kier molecular flexibility index (Phi) is 4.83. The molecule has 1 unspecified atom stereocenters. The number of ketones is 1. The van der Waals surface area contributed by atoms with Crippen LogP contribution in [-0.4, -0.2) is 51.4 Å². The normalized spacial score (nSPS) is 25.1. The number of allylic oxidation sites excluding steroid dienone is 1. The maximum absolute atomic E-state index is 13.9. The van der Waals surface area contributed by atoms with E-state index in [0.717, 1.165) is 17.7 Å². The molecular formula is C25H19F2N3O5. The molecule has 0 bridgehead atoms. The Hall–Kier alpha value is -3.89. The summed E-state index contributed by atoms with van der Waals surface area (Å²) in [5.74, 6) is -2.99. The number of piperazine rings is 1. The van der Waals surface area contributed by atoms with E-state index >= 15 is 0 Å². The maximum atomic E-state index is 13.9. The number of carbonyl (C=O) groups is 3. The van der Waals surface area contributed by atoms with Crippen LogP contribution in [0.25, 0.3) is 0 Å². The number of Topliss-reactive ketones (excluding diaryl/α,β-unsaturated/α-hetero) is 1. The zero-order valence-electron chi connectivity index (χ0n) is 18.2. The van der Waals surface area contributed by atoms with Gasteiger partial charge < -0.3 is 15.2 Å². The fourth-order valence-electron chi connectivity index (χ4n) is 5.12. The van der Waals surface area contributed by atoms with Crippen LogP contribution in [0.5, 0.6) is 0 Å². The van der Waals surface area contributed by atoms with Crippen LogP contribution < -0.4 is 5.32 Å². The number of ether oxygens (including phenoxy) is 1. The van der Waals surface area contributed by atoms with Gasteiger partial charge in [0.25, 0.3) is 5.91 Å². The van der Waals surface area contributed by atoms with Crippen molar-refractivity contribution in [3.05, 3.63) is 94.0 Å². The lowest BCUT2D eigenvalue weighted by Gasteiger charge is -2.40. The third-order valence-corrected chi connectivity index (χ3v) is 6.82. The topological polar surface area (TPSA) is 99.2 Å². The summed E-state index contributed by atoms with van der Waals surface area (Å²) in [6.07, 6.45) is -0.647. The highest BCUT2D eigenvalue weighted by Crippen LogP contribution is 2.47. The van der Waals surface area contributed by atoms with Gasteiger partial charge in [-0.25, -0.2) is 8.78 Å². The zero-order valence-corrected chi connectivity index (χ0v) is 18.2. The molecule has 2 saturated heterocycles.